The number of amides is 1. The molecular weight excluding hydrogens is 458 g/mol. The fourth-order valence-corrected chi connectivity index (χ4v) is 6.60. The first-order valence-electron chi connectivity index (χ1n) is 10.2. The topological polar surface area (TPSA) is 114 Å². The Bertz CT molecular complexity index is 1000. The number of carbonyl (C=O) groups is 1. The van der Waals surface area contributed by atoms with E-state index in [1.807, 2.05) is 0 Å². The van der Waals surface area contributed by atoms with Gasteiger partial charge < -0.3 is 15.4 Å². The Kier molecular flexibility index (Phi) is 7.43. The van der Waals surface area contributed by atoms with Crippen LogP contribution in [0, 0.1) is 0 Å². The lowest BCUT2D eigenvalue weighted by molar-refractivity contribution is -0.113. The van der Waals surface area contributed by atoms with Crippen LogP contribution in [-0.4, -0.2) is 66.9 Å². The minimum atomic E-state index is -3.52. The van der Waals surface area contributed by atoms with Crippen molar-refractivity contribution in [3.05, 3.63) is 24.3 Å². The van der Waals surface area contributed by atoms with E-state index in [9.17, 15) is 13.2 Å². The van der Waals surface area contributed by atoms with Crippen molar-refractivity contribution in [3.8, 4) is 0 Å². The minimum absolute atomic E-state index is 0.156. The van der Waals surface area contributed by atoms with Gasteiger partial charge in [0.05, 0.1) is 16.8 Å². The van der Waals surface area contributed by atoms with Gasteiger partial charge in [0.25, 0.3) is 0 Å². The third-order valence-electron chi connectivity index (χ3n) is 5.06. The highest BCUT2D eigenvalue weighted by Crippen LogP contribution is 2.27. The fourth-order valence-electron chi connectivity index (χ4n) is 3.48. The molecule has 0 radical (unpaired) electrons. The van der Waals surface area contributed by atoms with E-state index >= 15 is 0 Å². The lowest BCUT2D eigenvalue weighted by Gasteiger charge is -2.16. The molecule has 1 aromatic heterocycles. The van der Waals surface area contributed by atoms with Gasteiger partial charge in [-0.1, -0.05) is 29.2 Å². The summed E-state index contributed by atoms with van der Waals surface area (Å²) < 4.78 is 33.2. The molecule has 31 heavy (non-hydrogen) atoms. The number of sulfonamides is 1. The number of benzene rings is 1. The normalized spacial score (nSPS) is 19.5. The molecule has 0 spiro atoms. The fraction of sp³-hybridized carbons (Fsp3) is 0.526. The molecule has 4 rings (SSSR count). The Morgan fingerprint density at radius 1 is 1.26 bits per heavy atom. The Hall–Kier alpha value is -1.73. The van der Waals surface area contributed by atoms with Gasteiger partial charge in [-0.3, -0.25) is 4.79 Å². The molecular formula is C19H25N5O4S3. The largest absolute Gasteiger partial charge is 0.376 e. The Balaban J connectivity index is 1.27. The van der Waals surface area contributed by atoms with Gasteiger partial charge in [0.15, 0.2) is 4.34 Å². The van der Waals surface area contributed by atoms with Crippen molar-refractivity contribution in [2.75, 3.05) is 42.6 Å². The Morgan fingerprint density at radius 3 is 2.87 bits per heavy atom. The molecule has 2 aliphatic rings. The molecule has 2 aromatic rings. The van der Waals surface area contributed by atoms with Crippen molar-refractivity contribution >= 4 is 49.8 Å². The zero-order valence-electron chi connectivity index (χ0n) is 17.0. The molecule has 12 heteroatoms. The number of ether oxygens (including phenoxy) is 1. The molecule has 168 valence electrons. The molecule has 0 saturated carbocycles. The Morgan fingerprint density at radius 2 is 2.10 bits per heavy atom. The number of anilines is 2. The number of hydrogen-bond acceptors (Lipinski definition) is 9. The lowest BCUT2D eigenvalue weighted by atomic mass is 10.2. The number of carbonyl (C=O) groups excluding carboxylic acids is 1. The highest BCUT2D eigenvalue weighted by atomic mass is 32.2. The summed E-state index contributed by atoms with van der Waals surface area (Å²) in [5.41, 5.74) is 0.460. The van der Waals surface area contributed by atoms with E-state index < -0.39 is 10.0 Å². The number of nitrogens with one attached hydrogen (secondary N) is 2. The van der Waals surface area contributed by atoms with Crippen LogP contribution in [0.25, 0.3) is 0 Å². The molecule has 2 fully saturated rings. The van der Waals surface area contributed by atoms with Crippen LogP contribution in [0.2, 0.25) is 0 Å². The minimum Gasteiger partial charge on any atom is -0.376 e. The van der Waals surface area contributed by atoms with E-state index in [0.29, 0.717) is 34.8 Å². The molecule has 2 aliphatic heterocycles. The quantitative estimate of drug-likeness (QED) is 0.524. The molecule has 3 heterocycles. The number of aromatic nitrogens is 2. The van der Waals surface area contributed by atoms with Crippen LogP contribution in [0.4, 0.5) is 10.8 Å². The van der Waals surface area contributed by atoms with Crippen molar-refractivity contribution in [1.29, 1.82) is 0 Å². The molecule has 2 N–H and O–H groups in total. The van der Waals surface area contributed by atoms with Crippen LogP contribution in [-0.2, 0) is 19.6 Å². The monoisotopic (exact) mass is 483 g/mol. The van der Waals surface area contributed by atoms with E-state index in [-0.39, 0.29) is 22.7 Å². The van der Waals surface area contributed by atoms with Gasteiger partial charge in [-0.15, -0.1) is 10.2 Å². The highest BCUT2D eigenvalue weighted by molar-refractivity contribution is 8.01. The summed E-state index contributed by atoms with van der Waals surface area (Å²) >= 11 is 2.69. The third kappa shape index (κ3) is 5.95. The second kappa shape index (κ2) is 10.3. The number of nitrogens with zero attached hydrogens (tertiary/aromatic N) is 3. The lowest BCUT2D eigenvalue weighted by Crippen LogP contribution is -2.28. The predicted octanol–water partition coefficient (Wildman–Crippen LogP) is 2.64. The first kappa shape index (κ1) is 22.5. The van der Waals surface area contributed by atoms with Crippen molar-refractivity contribution in [2.24, 2.45) is 0 Å². The average Bonchev–Trinajstić information content (AvgIpc) is 3.54. The van der Waals surface area contributed by atoms with Crippen molar-refractivity contribution in [2.45, 2.75) is 41.0 Å². The van der Waals surface area contributed by atoms with Crippen LogP contribution in [0.3, 0.4) is 0 Å². The van der Waals surface area contributed by atoms with Crippen LogP contribution in [0.1, 0.15) is 25.7 Å². The molecule has 0 aliphatic carbocycles. The standard InChI is InChI=1S/C19H25N5O4S3/c25-17(13-29-19-23-22-18(30-19)20-12-15-6-4-10-28-15)21-14-5-3-7-16(11-14)31(26,27)24-8-1-2-9-24/h3,5,7,11,15H,1-2,4,6,8-10,12-13H2,(H,20,22)(H,21,25). The number of hydrogen-bond donors (Lipinski definition) is 2. The first-order valence-corrected chi connectivity index (χ1v) is 13.5. The van der Waals surface area contributed by atoms with E-state index in [1.165, 1.54) is 33.5 Å². The smallest absolute Gasteiger partial charge is 0.243 e. The SMILES string of the molecule is O=C(CSc1nnc(NCC2CCCO2)s1)Nc1cccc(S(=O)(=O)N2CCCC2)c1. The maximum Gasteiger partial charge on any atom is 0.243 e. The zero-order valence-corrected chi connectivity index (χ0v) is 19.4. The average molecular weight is 484 g/mol. The molecule has 1 atom stereocenters. The van der Waals surface area contributed by atoms with E-state index in [2.05, 4.69) is 20.8 Å². The summed E-state index contributed by atoms with van der Waals surface area (Å²) in [4.78, 5) is 12.5. The summed E-state index contributed by atoms with van der Waals surface area (Å²) in [6.07, 6.45) is 4.12. The third-order valence-corrected chi connectivity index (χ3v) is 8.97. The zero-order chi connectivity index (χ0) is 21.7. The van der Waals surface area contributed by atoms with Crippen LogP contribution < -0.4 is 10.6 Å². The van der Waals surface area contributed by atoms with Gasteiger partial charge in [0, 0.05) is 31.9 Å². The van der Waals surface area contributed by atoms with E-state index in [0.717, 1.165) is 32.3 Å². The van der Waals surface area contributed by atoms with E-state index in [4.69, 9.17) is 4.74 Å². The van der Waals surface area contributed by atoms with Crippen molar-refractivity contribution in [3.63, 3.8) is 0 Å². The maximum atomic E-state index is 12.7. The van der Waals surface area contributed by atoms with Crippen LogP contribution >= 0.6 is 23.1 Å². The van der Waals surface area contributed by atoms with E-state index in [1.54, 1.807) is 18.2 Å². The van der Waals surface area contributed by atoms with Gasteiger partial charge in [0.1, 0.15) is 0 Å². The summed E-state index contributed by atoms with van der Waals surface area (Å²) in [7, 11) is -3.52. The number of thioether (sulfide) groups is 1. The maximum absolute atomic E-state index is 12.7. The number of rotatable bonds is 9. The molecule has 2 saturated heterocycles. The predicted molar refractivity (Wildman–Crippen MR) is 121 cm³/mol. The second-order valence-corrected chi connectivity index (χ2v) is 11.5. The molecule has 1 aromatic carbocycles. The van der Waals surface area contributed by atoms with Gasteiger partial charge in [-0.25, -0.2) is 8.42 Å². The molecule has 1 unspecified atom stereocenters. The van der Waals surface area contributed by atoms with Crippen molar-refractivity contribution < 1.29 is 17.9 Å². The highest BCUT2D eigenvalue weighted by Gasteiger charge is 2.27. The molecule has 1 amide bonds. The van der Waals surface area contributed by atoms with Gasteiger partial charge >= 0.3 is 0 Å². The summed E-state index contributed by atoms with van der Waals surface area (Å²) in [6, 6.07) is 6.39. The van der Waals surface area contributed by atoms with Crippen LogP contribution in [0.5, 0.6) is 0 Å². The van der Waals surface area contributed by atoms with Gasteiger partial charge in [-0.2, -0.15) is 4.31 Å². The Labute approximate surface area is 190 Å². The summed E-state index contributed by atoms with van der Waals surface area (Å²) in [5, 5.41) is 14.9. The van der Waals surface area contributed by atoms with Gasteiger partial charge in [-0.05, 0) is 43.9 Å². The van der Waals surface area contributed by atoms with Gasteiger partial charge in [0.2, 0.25) is 21.1 Å². The first-order chi connectivity index (χ1) is 15.0. The molecule has 0 bridgehead atoms. The summed E-state index contributed by atoms with van der Waals surface area (Å²) in [6.45, 7) is 2.60. The van der Waals surface area contributed by atoms with Crippen molar-refractivity contribution in [1.82, 2.24) is 14.5 Å². The second-order valence-electron chi connectivity index (χ2n) is 7.36. The van der Waals surface area contributed by atoms with Crippen LogP contribution in [0.15, 0.2) is 33.5 Å². The summed E-state index contributed by atoms with van der Waals surface area (Å²) in [5.74, 6) is -0.0755. The molecule has 9 nitrogen and oxygen atoms in total.